The van der Waals surface area contributed by atoms with Gasteiger partial charge >= 0.3 is 8.25 Å². The fraction of sp³-hybridized carbons (Fsp3) is 1.00. The van der Waals surface area contributed by atoms with Crippen molar-refractivity contribution in [2.45, 2.75) is 128 Å². The summed E-state index contributed by atoms with van der Waals surface area (Å²) in [6.45, 7) is 5.25. The second-order valence-corrected chi connectivity index (χ2v) is 10.8. The van der Waals surface area contributed by atoms with Crippen LogP contribution in [0, 0.1) is 0 Å². The van der Waals surface area contributed by atoms with Crippen LogP contribution in [0.3, 0.4) is 0 Å². The van der Waals surface area contributed by atoms with Crippen LogP contribution in [0.5, 0.6) is 0 Å². The van der Waals surface area contributed by atoms with Crippen molar-refractivity contribution in [2.24, 2.45) is 0 Å². The maximum atomic E-state index is 10.4. The fourth-order valence-electron chi connectivity index (χ4n) is 4.07. The Bertz CT molecular complexity index is 421. The number of hydrogen-bond donors (Lipinski definition) is 1. The molecule has 0 aromatic carbocycles. The molecule has 3 atom stereocenters. The van der Waals surface area contributed by atoms with Crippen LogP contribution >= 0.6 is 20.0 Å². The minimum Gasteiger partial charge on any atom is -0.378 e. The lowest BCUT2D eigenvalue weighted by atomic mass is 9.97. The smallest absolute Gasteiger partial charge is 0.378 e. The molecule has 0 heterocycles. The molecular weight excluding hydrogens is 431 g/mol. The molecule has 0 radical (unpaired) electrons. The molecule has 1 fully saturated rings. The standard InChI is InChI=1S/C24H47O5PS/c1-3-23(29-24-15-10-8-11-16-24)17-21-31-20-12-7-5-4-6-9-14-22(2)27-18-13-19-28-30(25)26/h22-24H,3-21H2,1-2H3/p+1. The summed E-state index contributed by atoms with van der Waals surface area (Å²) in [6, 6.07) is 0. The number of ether oxygens (including phenoxy) is 2. The lowest BCUT2D eigenvalue weighted by molar-refractivity contribution is -0.0320. The molecule has 1 saturated carbocycles. The van der Waals surface area contributed by atoms with Crippen molar-refractivity contribution in [3.8, 4) is 0 Å². The van der Waals surface area contributed by atoms with Gasteiger partial charge in [0.15, 0.2) is 0 Å². The molecule has 1 rings (SSSR count). The van der Waals surface area contributed by atoms with Crippen LogP contribution in [0.4, 0.5) is 0 Å². The SMILES string of the molecule is CCC(CCSCCCCCCCCC(C)OCCCO[P+](=O)O)OC1CCCCC1. The van der Waals surface area contributed by atoms with Crippen LogP contribution in [0.15, 0.2) is 0 Å². The molecule has 0 aliphatic heterocycles. The van der Waals surface area contributed by atoms with Crippen molar-refractivity contribution in [2.75, 3.05) is 24.7 Å². The van der Waals surface area contributed by atoms with E-state index in [9.17, 15) is 4.57 Å². The summed E-state index contributed by atoms with van der Waals surface area (Å²) < 4.78 is 27.0. The maximum absolute atomic E-state index is 10.4. The number of hydrogen-bond acceptors (Lipinski definition) is 5. The van der Waals surface area contributed by atoms with Gasteiger partial charge in [-0.2, -0.15) is 11.8 Å². The molecule has 0 bridgehead atoms. The third-order valence-corrected chi connectivity index (χ3v) is 7.52. The highest BCUT2D eigenvalue weighted by molar-refractivity contribution is 7.99. The first-order valence-electron chi connectivity index (χ1n) is 12.8. The molecule has 0 aromatic rings. The second kappa shape index (κ2) is 20.9. The van der Waals surface area contributed by atoms with Crippen molar-refractivity contribution >= 4 is 20.0 Å². The van der Waals surface area contributed by atoms with E-state index in [1.54, 1.807) is 0 Å². The van der Waals surface area contributed by atoms with Crippen LogP contribution in [0.25, 0.3) is 0 Å². The highest BCUT2D eigenvalue weighted by Gasteiger charge is 2.18. The van der Waals surface area contributed by atoms with Gasteiger partial charge in [-0.05, 0) is 63.4 Å². The first kappa shape index (κ1) is 29.3. The van der Waals surface area contributed by atoms with Gasteiger partial charge in [-0.25, -0.2) is 0 Å². The summed E-state index contributed by atoms with van der Waals surface area (Å²) in [6.07, 6.45) is 19.9. The summed E-state index contributed by atoms with van der Waals surface area (Å²) >= 11 is 2.11. The van der Waals surface area contributed by atoms with Gasteiger partial charge in [0.2, 0.25) is 0 Å². The van der Waals surface area contributed by atoms with E-state index in [0.717, 1.165) is 12.8 Å². The molecule has 7 heteroatoms. The van der Waals surface area contributed by atoms with Gasteiger partial charge in [0, 0.05) is 11.2 Å². The zero-order valence-corrected chi connectivity index (χ0v) is 21.8. The molecule has 5 nitrogen and oxygen atoms in total. The lowest BCUT2D eigenvalue weighted by Gasteiger charge is -2.27. The number of rotatable bonds is 21. The number of unbranched alkanes of at least 4 members (excludes halogenated alkanes) is 5. The summed E-state index contributed by atoms with van der Waals surface area (Å²) in [7, 11) is -2.47. The van der Waals surface area contributed by atoms with E-state index in [1.165, 1.54) is 88.6 Å². The maximum Gasteiger partial charge on any atom is 0.694 e. The van der Waals surface area contributed by atoms with E-state index in [0.29, 0.717) is 25.2 Å². The Morgan fingerprint density at radius 1 is 0.935 bits per heavy atom. The van der Waals surface area contributed by atoms with Crippen LogP contribution in [0.2, 0.25) is 0 Å². The van der Waals surface area contributed by atoms with Crippen LogP contribution in [0.1, 0.15) is 110 Å². The zero-order valence-electron chi connectivity index (χ0n) is 20.1. The monoisotopic (exact) mass is 479 g/mol. The third-order valence-electron chi connectivity index (χ3n) is 6.02. The predicted octanol–water partition coefficient (Wildman–Crippen LogP) is 7.43. The van der Waals surface area contributed by atoms with Gasteiger partial charge in [0.05, 0.1) is 18.3 Å². The molecule has 1 aliphatic carbocycles. The Morgan fingerprint density at radius 3 is 2.35 bits per heavy atom. The van der Waals surface area contributed by atoms with Crippen LogP contribution < -0.4 is 0 Å². The van der Waals surface area contributed by atoms with Gasteiger partial charge in [-0.15, -0.1) is 9.42 Å². The largest absolute Gasteiger partial charge is 0.694 e. The minimum absolute atomic E-state index is 0.258. The van der Waals surface area contributed by atoms with E-state index >= 15 is 0 Å². The van der Waals surface area contributed by atoms with Crippen molar-refractivity contribution in [1.29, 1.82) is 0 Å². The normalized spacial score (nSPS) is 17.6. The van der Waals surface area contributed by atoms with Gasteiger partial charge in [-0.3, -0.25) is 0 Å². The van der Waals surface area contributed by atoms with Crippen molar-refractivity contribution in [3.63, 3.8) is 0 Å². The topological polar surface area (TPSA) is 65.0 Å². The average molecular weight is 480 g/mol. The summed E-state index contributed by atoms with van der Waals surface area (Å²) in [5.74, 6) is 2.53. The van der Waals surface area contributed by atoms with Gasteiger partial charge in [0.25, 0.3) is 0 Å². The fourth-order valence-corrected chi connectivity index (χ4v) is 5.40. The van der Waals surface area contributed by atoms with E-state index in [2.05, 4.69) is 30.1 Å². The molecule has 3 unspecified atom stereocenters. The highest BCUT2D eigenvalue weighted by atomic mass is 32.2. The first-order valence-corrected chi connectivity index (χ1v) is 15.0. The Kier molecular flexibility index (Phi) is 19.7. The average Bonchev–Trinajstić information content (AvgIpc) is 2.76. The Hall–Kier alpha value is 0.290. The van der Waals surface area contributed by atoms with Crippen molar-refractivity contribution in [1.82, 2.24) is 0 Å². The van der Waals surface area contributed by atoms with E-state index < -0.39 is 8.25 Å². The summed E-state index contributed by atoms with van der Waals surface area (Å²) in [5.41, 5.74) is 0. The second-order valence-electron chi connectivity index (χ2n) is 8.84. The Morgan fingerprint density at radius 2 is 1.65 bits per heavy atom. The minimum atomic E-state index is -2.47. The first-order chi connectivity index (χ1) is 15.1. The van der Waals surface area contributed by atoms with Crippen molar-refractivity contribution < 1.29 is 23.5 Å². The van der Waals surface area contributed by atoms with Gasteiger partial charge in [-0.1, -0.05) is 58.3 Å². The highest BCUT2D eigenvalue weighted by Crippen LogP contribution is 2.24. The van der Waals surface area contributed by atoms with E-state index in [1.807, 2.05) is 0 Å². The van der Waals surface area contributed by atoms with Crippen LogP contribution in [-0.2, 0) is 18.6 Å². The molecular formula is C24H48O5PS+. The predicted molar refractivity (Wildman–Crippen MR) is 132 cm³/mol. The molecule has 1 N–H and O–H groups in total. The zero-order chi connectivity index (χ0) is 22.6. The molecule has 31 heavy (non-hydrogen) atoms. The third kappa shape index (κ3) is 18.4. The van der Waals surface area contributed by atoms with Gasteiger partial charge < -0.3 is 9.47 Å². The molecule has 0 amide bonds. The van der Waals surface area contributed by atoms with Gasteiger partial charge in [0.1, 0.15) is 6.61 Å². The Balaban J connectivity index is 1.82. The van der Waals surface area contributed by atoms with Crippen LogP contribution in [-0.4, -0.2) is 47.9 Å². The molecule has 0 saturated heterocycles. The molecule has 1 aliphatic rings. The number of thioether (sulfide) groups is 1. The lowest BCUT2D eigenvalue weighted by Crippen LogP contribution is -2.24. The quantitative estimate of drug-likeness (QED) is 0.136. The van der Waals surface area contributed by atoms with E-state index in [4.69, 9.17) is 14.4 Å². The Labute approximate surface area is 196 Å². The summed E-state index contributed by atoms with van der Waals surface area (Å²) in [5, 5.41) is 0. The summed E-state index contributed by atoms with van der Waals surface area (Å²) in [4.78, 5) is 8.54. The molecule has 184 valence electrons. The van der Waals surface area contributed by atoms with E-state index in [-0.39, 0.29) is 12.7 Å². The molecule has 0 spiro atoms. The van der Waals surface area contributed by atoms with Crippen molar-refractivity contribution in [3.05, 3.63) is 0 Å². The molecule has 0 aromatic heterocycles.